The number of hydrogen-bond donors (Lipinski definition) is 2. The zero-order valence-electron chi connectivity index (χ0n) is 14.6. The van der Waals surface area contributed by atoms with E-state index in [1.165, 1.54) is 5.56 Å². The van der Waals surface area contributed by atoms with Crippen LogP contribution in [0.4, 0.5) is 0 Å². The summed E-state index contributed by atoms with van der Waals surface area (Å²) in [5.74, 6) is -0.516. The number of fused-ring (bicyclic) bond motifs is 2. The highest BCUT2D eigenvalue weighted by atomic mass is 16.5. The molecule has 0 aliphatic carbocycles. The number of carboxylic acid groups (broad SMARTS) is 1. The summed E-state index contributed by atoms with van der Waals surface area (Å²) >= 11 is 0. The molecule has 136 valence electrons. The maximum atomic E-state index is 11.9. The molecule has 1 saturated heterocycles. The van der Waals surface area contributed by atoms with E-state index in [4.69, 9.17) is 4.74 Å². The number of aromatic amines is 1. The molecule has 1 fully saturated rings. The molecule has 2 N–H and O–H groups in total. The minimum Gasteiger partial charge on any atom is -0.477 e. The van der Waals surface area contributed by atoms with Gasteiger partial charge in [0.2, 0.25) is 0 Å². The molecule has 0 unspecified atom stereocenters. The molecule has 1 aliphatic heterocycles. The largest absolute Gasteiger partial charge is 0.477 e. The number of rotatable bonds is 3. The molecule has 4 aromatic rings. The summed E-state index contributed by atoms with van der Waals surface area (Å²) in [5, 5.41) is 21.5. The van der Waals surface area contributed by atoms with Crippen molar-refractivity contribution in [2.75, 3.05) is 13.2 Å². The molecule has 1 aliphatic rings. The molecule has 5 rings (SSSR count). The van der Waals surface area contributed by atoms with Crippen LogP contribution in [0.15, 0.2) is 42.5 Å². The third-order valence-corrected chi connectivity index (χ3v) is 5.31. The summed E-state index contributed by atoms with van der Waals surface area (Å²) in [6.07, 6.45) is 1.99. The average Bonchev–Trinajstić information content (AvgIpc) is 3.32. The number of benzene rings is 2. The molecule has 0 bridgehead atoms. The van der Waals surface area contributed by atoms with Crippen molar-refractivity contribution in [1.29, 1.82) is 0 Å². The smallest absolute Gasteiger partial charge is 0.352 e. The second-order valence-corrected chi connectivity index (χ2v) is 6.86. The minimum atomic E-state index is -0.973. The first-order valence-electron chi connectivity index (χ1n) is 8.99. The average molecular weight is 362 g/mol. The number of nitrogens with one attached hydrogen (secondary N) is 1. The highest BCUT2D eigenvalue weighted by Gasteiger charge is 2.21. The van der Waals surface area contributed by atoms with Crippen molar-refractivity contribution in [2.45, 2.75) is 18.8 Å². The third kappa shape index (κ3) is 2.59. The number of aromatic carboxylic acids is 1. The first-order chi connectivity index (χ1) is 13.2. The normalized spacial score (nSPS) is 15.6. The zero-order chi connectivity index (χ0) is 18.4. The van der Waals surface area contributed by atoms with E-state index in [1.54, 1.807) is 10.6 Å². The number of ether oxygens (including phenoxy) is 1. The molecule has 7 nitrogen and oxygen atoms in total. The first-order valence-corrected chi connectivity index (χ1v) is 8.99. The van der Waals surface area contributed by atoms with Gasteiger partial charge in [0.05, 0.1) is 16.7 Å². The predicted octanol–water partition coefficient (Wildman–Crippen LogP) is 3.49. The van der Waals surface area contributed by atoms with Gasteiger partial charge < -0.3 is 14.4 Å². The lowest BCUT2D eigenvalue weighted by atomic mass is 9.91. The monoisotopic (exact) mass is 362 g/mol. The fourth-order valence-corrected chi connectivity index (χ4v) is 3.97. The van der Waals surface area contributed by atoms with Crippen LogP contribution in [0.3, 0.4) is 0 Å². The Balaban J connectivity index is 1.72. The lowest BCUT2D eigenvalue weighted by molar-refractivity contribution is 0.0688. The van der Waals surface area contributed by atoms with Crippen LogP contribution < -0.4 is 0 Å². The summed E-state index contributed by atoms with van der Waals surface area (Å²) < 4.78 is 7.20. The van der Waals surface area contributed by atoms with Gasteiger partial charge in [-0.1, -0.05) is 17.3 Å². The van der Waals surface area contributed by atoms with Gasteiger partial charge in [-0.3, -0.25) is 5.10 Å². The van der Waals surface area contributed by atoms with Crippen LogP contribution in [0.5, 0.6) is 0 Å². The number of nitrogens with zero attached hydrogens (tertiary/aromatic N) is 3. The van der Waals surface area contributed by atoms with Gasteiger partial charge in [-0.05, 0) is 54.7 Å². The van der Waals surface area contributed by atoms with Gasteiger partial charge in [0, 0.05) is 18.6 Å². The van der Waals surface area contributed by atoms with Crippen LogP contribution in [-0.2, 0) is 4.74 Å². The molecule has 0 spiro atoms. The Kier molecular flexibility index (Phi) is 3.68. The molecule has 2 aromatic carbocycles. The van der Waals surface area contributed by atoms with Crippen molar-refractivity contribution in [1.82, 2.24) is 20.0 Å². The number of carboxylic acids is 1. The first kappa shape index (κ1) is 16.0. The molecule has 0 saturated carbocycles. The Morgan fingerprint density at radius 3 is 2.85 bits per heavy atom. The molecule has 0 atom stereocenters. The lowest BCUT2D eigenvalue weighted by Gasteiger charge is -2.22. The van der Waals surface area contributed by atoms with Gasteiger partial charge in [0.15, 0.2) is 0 Å². The van der Waals surface area contributed by atoms with E-state index in [1.807, 2.05) is 24.3 Å². The Morgan fingerprint density at radius 1 is 1.19 bits per heavy atom. The highest BCUT2D eigenvalue weighted by molar-refractivity contribution is 5.98. The molecule has 7 heteroatoms. The highest BCUT2D eigenvalue weighted by Crippen LogP contribution is 2.33. The number of aromatic nitrogens is 4. The molecule has 0 amide bonds. The summed E-state index contributed by atoms with van der Waals surface area (Å²) in [6.45, 7) is 1.55. The molecule has 0 radical (unpaired) electrons. The lowest BCUT2D eigenvalue weighted by Crippen LogP contribution is -2.13. The van der Waals surface area contributed by atoms with E-state index in [9.17, 15) is 9.90 Å². The number of H-pyrrole nitrogens is 1. The molecule has 27 heavy (non-hydrogen) atoms. The van der Waals surface area contributed by atoms with Gasteiger partial charge in [-0.15, -0.1) is 5.10 Å². The van der Waals surface area contributed by atoms with Crippen LogP contribution in [0, 0.1) is 0 Å². The summed E-state index contributed by atoms with van der Waals surface area (Å²) in [5.41, 5.74) is 4.41. The summed E-state index contributed by atoms with van der Waals surface area (Å²) in [6, 6.07) is 13.5. The Bertz CT molecular complexity index is 1150. The van der Waals surface area contributed by atoms with Crippen molar-refractivity contribution in [3.8, 4) is 5.69 Å². The van der Waals surface area contributed by atoms with Gasteiger partial charge >= 0.3 is 5.97 Å². The van der Waals surface area contributed by atoms with Crippen LogP contribution >= 0.6 is 0 Å². The number of hydrogen-bond acceptors (Lipinski definition) is 4. The summed E-state index contributed by atoms with van der Waals surface area (Å²) in [4.78, 5) is 11.9. The summed E-state index contributed by atoms with van der Waals surface area (Å²) in [7, 11) is 0. The number of carbonyl (C=O) groups is 1. The maximum Gasteiger partial charge on any atom is 0.352 e. The van der Waals surface area contributed by atoms with Crippen LogP contribution in [0.2, 0.25) is 0 Å². The predicted molar refractivity (Wildman–Crippen MR) is 100 cm³/mol. The Morgan fingerprint density at radius 2 is 2.04 bits per heavy atom. The van der Waals surface area contributed by atoms with Crippen molar-refractivity contribution >= 4 is 27.9 Å². The molecule has 2 aromatic heterocycles. The Hall–Kier alpha value is -3.19. The van der Waals surface area contributed by atoms with E-state index >= 15 is 0 Å². The van der Waals surface area contributed by atoms with Gasteiger partial charge in [0.25, 0.3) is 0 Å². The van der Waals surface area contributed by atoms with Gasteiger partial charge in [0.1, 0.15) is 11.2 Å². The SMILES string of the molecule is O=C(O)c1cc2cc(C3CCOCC3)ccc2n1-c1cccc2[nH]nnc12. The van der Waals surface area contributed by atoms with E-state index in [2.05, 4.69) is 27.5 Å². The van der Waals surface area contributed by atoms with Crippen molar-refractivity contribution in [3.05, 3.63) is 53.7 Å². The topological polar surface area (TPSA) is 93.0 Å². The second kappa shape index (κ2) is 6.21. The molecular formula is C20H18N4O3. The van der Waals surface area contributed by atoms with Crippen molar-refractivity contribution in [3.63, 3.8) is 0 Å². The van der Waals surface area contributed by atoms with E-state index in [0.29, 0.717) is 17.1 Å². The zero-order valence-corrected chi connectivity index (χ0v) is 14.6. The van der Waals surface area contributed by atoms with Crippen LogP contribution in [0.25, 0.3) is 27.6 Å². The van der Waals surface area contributed by atoms with Gasteiger partial charge in [-0.2, -0.15) is 0 Å². The molecular weight excluding hydrogens is 344 g/mol. The van der Waals surface area contributed by atoms with Crippen LogP contribution in [0.1, 0.15) is 34.8 Å². The van der Waals surface area contributed by atoms with Gasteiger partial charge in [-0.25, -0.2) is 4.79 Å². The third-order valence-electron chi connectivity index (χ3n) is 5.31. The van der Waals surface area contributed by atoms with Crippen molar-refractivity contribution in [2.24, 2.45) is 0 Å². The van der Waals surface area contributed by atoms with Crippen molar-refractivity contribution < 1.29 is 14.6 Å². The standard InChI is InChI=1S/C20H18N4O3/c25-20(26)18-11-14-10-13(12-6-8-27-9-7-12)4-5-16(14)24(18)17-3-1-2-15-19(17)22-23-21-15/h1-5,10-12H,6-9H2,(H,25,26)(H,21,22,23). The van der Waals surface area contributed by atoms with E-state index in [0.717, 1.165) is 42.5 Å². The maximum absolute atomic E-state index is 11.9. The quantitative estimate of drug-likeness (QED) is 0.582. The van der Waals surface area contributed by atoms with Crippen LogP contribution in [-0.4, -0.2) is 44.3 Å². The molecule has 3 heterocycles. The van der Waals surface area contributed by atoms with E-state index in [-0.39, 0.29) is 5.69 Å². The fourth-order valence-electron chi connectivity index (χ4n) is 3.97. The fraction of sp³-hybridized carbons (Fsp3) is 0.250. The second-order valence-electron chi connectivity index (χ2n) is 6.86. The Labute approximate surface area is 154 Å². The van der Waals surface area contributed by atoms with E-state index < -0.39 is 5.97 Å². The minimum absolute atomic E-state index is 0.213.